The molecule has 1 fully saturated rings. The maximum atomic E-state index is 12.9. The third-order valence-corrected chi connectivity index (χ3v) is 5.79. The van der Waals surface area contributed by atoms with E-state index in [1.807, 2.05) is 72.1 Å². The van der Waals surface area contributed by atoms with Crippen LogP contribution in [0.25, 0.3) is 0 Å². The van der Waals surface area contributed by atoms with Crippen molar-refractivity contribution >= 4 is 28.8 Å². The summed E-state index contributed by atoms with van der Waals surface area (Å²) in [5, 5.41) is 4.89. The van der Waals surface area contributed by atoms with E-state index < -0.39 is 0 Å². The molecule has 6 heteroatoms. The van der Waals surface area contributed by atoms with Gasteiger partial charge in [-0.2, -0.15) is 0 Å². The highest BCUT2D eigenvalue weighted by Gasteiger charge is 2.29. The first-order valence-electron chi connectivity index (χ1n) is 9.66. The summed E-state index contributed by atoms with van der Waals surface area (Å²) < 4.78 is 5.93. The van der Waals surface area contributed by atoms with Crippen LogP contribution in [0.5, 0.6) is 11.5 Å². The Bertz CT molecular complexity index is 973. The van der Waals surface area contributed by atoms with Gasteiger partial charge in [0.1, 0.15) is 5.75 Å². The smallest absolute Gasteiger partial charge is 0.263 e. The van der Waals surface area contributed by atoms with Gasteiger partial charge in [-0.1, -0.05) is 36.4 Å². The van der Waals surface area contributed by atoms with Crippen molar-refractivity contribution in [1.82, 2.24) is 4.90 Å². The summed E-state index contributed by atoms with van der Waals surface area (Å²) in [6.07, 6.45) is 1.58. The van der Waals surface area contributed by atoms with Crippen molar-refractivity contribution in [1.29, 1.82) is 0 Å². The summed E-state index contributed by atoms with van der Waals surface area (Å²) in [7, 11) is 0. The van der Waals surface area contributed by atoms with Crippen LogP contribution in [0.4, 0.5) is 5.69 Å². The highest BCUT2D eigenvalue weighted by Crippen LogP contribution is 2.30. The van der Waals surface area contributed by atoms with E-state index in [2.05, 4.69) is 5.32 Å². The van der Waals surface area contributed by atoms with Crippen LogP contribution in [-0.2, 0) is 4.79 Å². The fraction of sp³-hybridized carbons (Fsp3) is 0.217. The predicted octanol–water partition coefficient (Wildman–Crippen LogP) is 5.03. The molecule has 148 valence electrons. The second-order valence-corrected chi connectivity index (χ2v) is 7.92. The first-order valence-corrected chi connectivity index (χ1v) is 10.5. The normalized spacial score (nSPS) is 16.3. The number of nitrogens with one attached hydrogen (secondary N) is 1. The highest BCUT2D eigenvalue weighted by molar-refractivity contribution is 7.12. The zero-order valence-electron chi connectivity index (χ0n) is 15.9. The number of nitrogens with zero attached hydrogens (tertiary/aromatic N) is 1. The van der Waals surface area contributed by atoms with Crippen molar-refractivity contribution in [2.75, 3.05) is 18.4 Å². The molecular formula is C23H22N2O3S. The van der Waals surface area contributed by atoms with Crippen molar-refractivity contribution in [2.24, 2.45) is 5.92 Å². The average Bonchev–Trinajstić information content (AvgIpc) is 3.30. The van der Waals surface area contributed by atoms with Crippen molar-refractivity contribution in [3.05, 3.63) is 77.0 Å². The minimum atomic E-state index is -0.238. The van der Waals surface area contributed by atoms with Gasteiger partial charge in [-0.05, 0) is 48.6 Å². The van der Waals surface area contributed by atoms with Gasteiger partial charge in [0.15, 0.2) is 5.75 Å². The Kier molecular flexibility index (Phi) is 5.91. The molecule has 1 atom stereocenters. The standard InChI is InChI=1S/C23H22N2O3S/c26-22(17-8-6-14-25(16-17)23(27)21-13-7-15-29-21)24-19-11-4-5-12-20(19)28-18-9-2-1-3-10-18/h1-5,7,9-13,15,17H,6,8,14,16H2,(H,24,26). The van der Waals surface area contributed by atoms with Gasteiger partial charge in [-0.25, -0.2) is 0 Å². The number of carbonyl (C=O) groups is 2. The van der Waals surface area contributed by atoms with E-state index in [0.29, 0.717) is 35.2 Å². The Hall–Kier alpha value is -3.12. The number of benzene rings is 2. The molecule has 1 aromatic heterocycles. The van der Waals surface area contributed by atoms with E-state index >= 15 is 0 Å². The van der Waals surface area contributed by atoms with Crippen LogP contribution in [0.15, 0.2) is 72.1 Å². The third kappa shape index (κ3) is 4.66. The molecule has 5 nitrogen and oxygen atoms in total. The van der Waals surface area contributed by atoms with Crippen molar-refractivity contribution in [3.63, 3.8) is 0 Å². The summed E-state index contributed by atoms with van der Waals surface area (Å²) in [6.45, 7) is 1.12. The predicted molar refractivity (Wildman–Crippen MR) is 115 cm³/mol. The molecule has 2 amide bonds. The van der Waals surface area contributed by atoms with Crippen LogP contribution in [0.1, 0.15) is 22.5 Å². The highest BCUT2D eigenvalue weighted by atomic mass is 32.1. The van der Waals surface area contributed by atoms with Gasteiger partial charge in [-0.15, -0.1) is 11.3 Å². The number of carbonyl (C=O) groups excluding carboxylic acids is 2. The molecule has 1 aliphatic rings. The lowest BCUT2D eigenvalue weighted by Gasteiger charge is -2.31. The number of rotatable bonds is 5. The number of anilines is 1. The van der Waals surface area contributed by atoms with E-state index in [-0.39, 0.29) is 17.7 Å². The van der Waals surface area contributed by atoms with Crippen LogP contribution in [-0.4, -0.2) is 29.8 Å². The fourth-order valence-electron chi connectivity index (χ4n) is 3.44. The van der Waals surface area contributed by atoms with Crippen LogP contribution in [0.2, 0.25) is 0 Å². The van der Waals surface area contributed by atoms with Crippen LogP contribution >= 0.6 is 11.3 Å². The molecule has 0 spiro atoms. The summed E-state index contributed by atoms with van der Waals surface area (Å²) in [4.78, 5) is 28.1. The second kappa shape index (κ2) is 8.92. The average molecular weight is 407 g/mol. The first-order chi connectivity index (χ1) is 14.2. The molecule has 1 saturated heterocycles. The minimum absolute atomic E-state index is 0.00492. The molecule has 1 N–H and O–H groups in total. The van der Waals surface area contributed by atoms with Crippen molar-refractivity contribution in [2.45, 2.75) is 12.8 Å². The molecule has 4 rings (SSSR count). The lowest BCUT2D eigenvalue weighted by Crippen LogP contribution is -2.43. The minimum Gasteiger partial charge on any atom is -0.455 e. The van der Waals surface area contributed by atoms with Gasteiger partial charge in [0.05, 0.1) is 16.5 Å². The molecule has 2 heterocycles. The number of amides is 2. The van der Waals surface area contributed by atoms with Gasteiger partial charge in [0.25, 0.3) is 5.91 Å². The summed E-state index contributed by atoms with van der Waals surface area (Å²) in [5.74, 6) is 0.981. The number of hydrogen-bond acceptors (Lipinski definition) is 4. The number of piperidine rings is 1. The van der Waals surface area contributed by atoms with E-state index in [4.69, 9.17) is 4.74 Å². The molecule has 0 radical (unpaired) electrons. The molecule has 29 heavy (non-hydrogen) atoms. The number of para-hydroxylation sites is 3. The van der Waals surface area contributed by atoms with Crippen molar-refractivity contribution < 1.29 is 14.3 Å². The molecule has 0 bridgehead atoms. The quantitative estimate of drug-likeness (QED) is 0.646. The largest absolute Gasteiger partial charge is 0.455 e. The SMILES string of the molecule is O=C(Nc1ccccc1Oc1ccccc1)C1CCCN(C(=O)c2cccs2)C1. The maximum Gasteiger partial charge on any atom is 0.263 e. The molecular weight excluding hydrogens is 384 g/mol. The zero-order valence-corrected chi connectivity index (χ0v) is 16.7. The van der Waals surface area contributed by atoms with Crippen LogP contribution in [0.3, 0.4) is 0 Å². The molecule has 0 aliphatic carbocycles. The van der Waals surface area contributed by atoms with E-state index in [9.17, 15) is 9.59 Å². The Morgan fingerprint density at radius 1 is 1.00 bits per heavy atom. The summed E-state index contributed by atoms with van der Waals surface area (Å²) >= 11 is 1.43. The number of hydrogen-bond donors (Lipinski definition) is 1. The molecule has 0 saturated carbocycles. The Morgan fingerprint density at radius 2 is 1.79 bits per heavy atom. The maximum absolute atomic E-state index is 12.9. The summed E-state index contributed by atoms with van der Waals surface area (Å²) in [5.41, 5.74) is 0.628. The third-order valence-electron chi connectivity index (χ3n) is 4.93. The number of thiophene rings is 1. The molecule has 3 aromatic rings. The van der Waals surface area contributed by atoms with Gasteiger partial charge in [0, 0.05) is 13.1 Å². The van der Waals surface area contributed by atoms with E-state index in [1.165, 1.54) is 11.3 Å². The molecule has 2 aromatic carbocycles. The van der Waals surface area contributed by atoms with E-state index in [0.717, 1.165) is 12.8 Å². The lowest BCUT2D eigenvalue weighted by molar-refractivity contribution is -0.121. The van der Waals surface area contributed by atoms with E-state index in [1.54, 1.807) is 4.90 Å². The molecule has 1 aliphatic heterocycles. The van der Waals surface area contributed by atoms with Gasteiger partial charge < -0.3 is 15.0 Å². The summed E-state index contributed by atoms with van der Waals surface area (Å²) in [6, 6.07) is 20.5. The van der Waals surface area contributed by atoms with Gasteiger partial charge >= 0.3 is 0 Å². The Labute approximate surface area is 173 Å². The number of ether oxygens (including phenoxy) is 1. The van der Waals surface area contributed by atoms with Gasteiger partial charge in [-0.3, -0.25) is 9.59 Å². The van der Waals surface area contributed by atoms with Crippen LogP contribution < -0.4 is 10.1 Å². The van der Waals surface area contributed by atoms with Crippen LogP contribution in [0, 0.1) is 5.92 Å². The topological polar surface area (TPSA) is 58.6 Å². The van der Waals surface area contributed by atoms with Gasteiger partial charge in [0.2, 0.25) is 5.91 Å². The molecule has 1 unspecified atom stereocenters. The number of likely N-dealkylation sites (tertiary alicyclic amines) is 1. The van der Waals surface area contributed by atoms with Crippen molar-refractivity contribution in [3.8, 4) is 11.5 Å². The fourth-order valence-corrected chi connectivity index (χ4v) is 4.13. The zero-order chi connectivity index (χ0) is 20.1. The lowest BCUT2D eigenvalue weighted by atomic mass is 9.96. The monoisotopic (exact) mass is 406 g/mol. The first kappa shape index (κ1) is 19.2. The second-order valence-electron chi connectivity index (χ2n) is 6.97. The Balaban J connectivity index is 1.43. The Morgan fingerprint density at radius 3 is 2.59 bits per heavy atom.